The topological polar surface area (TPSA) is 65.4 Å². The number of hydrogen-bond donors (Lipinski definition) is 1. The van der Waals surface area contributed by atoms with Crippen LogP contribution in [-0.4, -0.2) is 29.9 Å². The van der Waals surface area contributed by atoms with Gasteiger partial charge in [0.25, 0.3) is 0 Å². The molecule has 0 radical (unpaired) electrons. The lowest BCUT2D eigenvalue weighted by atomic mass is 10.0. The molecule has 0 saturated heterocycles. The lowest BCUT2D eigenvalue weighted by molar-refractivity contribution is -0.121. The number of nitrogens with zero attached hydrogens (tertiary/aromatic N) is 2. The summed E-state index contributed by atoms with van der Waals surface area (Å²) < 4.78 is 12.8. The minimum atomic E-state index is -0.177. The van der Waals surface area contributed by atoms with Crippen LogP contribution in [0.5, 0.6) is 11.5 Å². The van der Waals surface area contributed by atoms with Gasteiger partial charge in [0.15, 0.2) is 0 Å². The third kappa shape index (κ3) is 5.27. The van der Waals surface area contributed by atoms with Gasteiger partial charge in [-0.05, 0) is 56.9 Å². The zero-order valence-electron chi connectivity index (χ0n) is 18.1. The van der Waals surface area contributed by atoms with E-state index in [0.29, 0.717) is 18.8 Å². The normalized spacial score (nSPS) is 12.1. The number of aryl methyl sites for hydroxylation is 1. The summed E-state index contributed by atoms with van der Waals surface area (Å²) in [6, 6.07) is 5.42. The second-order valence-electron chi connectivity index (χ2n) is 7.62. The van der Waals surface area contributed by atoms with E-state index in [2.05, 4.69) is 35.9 Å². The molecule has 28 heavy (non-hydrogen) atoms. The SMILES string of the molecule is COc1ccc(OC)c(C(C)NC(=O)CCc2c(C)nn(CC(C)C)c2C)c1. The van der Waals surface area contributed by atoms with Gasteiger partial charge in [-0.2, -0.15) is 5.10 Å². The van der Waals surface area contributed by atoms with Gasteiger partial charge in [0.2, 0.25) is 5.91 Å². The van der Waals surface area contributed by atoms with Gasteiger partial charge >= 0.3 is 0 Å². The predicted octanol–water partition coefficient (Wildman–Crippen LogP) is 3.98. The average Bonchev–Trinajstić information content (AvgIpc) is 2.91. The van der Waals surface area contributed by atoms with Crippen LogP contribution in [0.25, 0.3) is 0 Å². The summed E-state index contributed by atoms with van der Waals surface area (Å²) in [5.41, 5.74) is 4.23. The van der Waals surface area contributed by atoms with Crippen LogP contribution in [0.15, 0.2) is 18.2 Å². The number of carbonyl (C=O) groups excluding carboxylic acids is 1. The maximum absolute atomic E-state index is 12.6. The Morgan fingerprint density at radius 2 is 1.89 bits per heavy atom. The molecule has 0 aliphatic heterocycles. The average molecular weight is 388 g/mol. The number of amides is 1. The lowest BCUT2D eigenvalue weighted by Crippen LogP contribution is -2.27. The van der Waals surface area contributed by atoms with Gasteiger partial charge in [0, 0.05) is 24.2 Å². The maximum atomic E-state index is 12.6. The molecule has 1 amide bonds. The number of methoxy groups -OCH3 is 2. The minimum Gasteiger partial charge on any atom is -0.497 e. The van der Waals surface area contributed by atoms with Gasteiger partial charge in [0.05, 0.1) is 26.0 Å². The maximum Gasteiger partial charge on any atom is 0.220 e. The van der Waals surface area contributed by atoms with E-state index in [1.807, 2.05) is 32.0 Å². The van der Waals surface area contributed by atoms with Crippen molar-refractivity contribution in [3.63, 3.8) is 0 Å². The van der Waals surface area contributed by atoms with Crippen molar-refractivity contribution in [2.24, 2.45) is 5.92 Å². The summed E-state index contributed by atoms with van der Waals surface area (Å²) in [4.78, 5) is 12.6. The Morgan fingerprint density at radius 1 is 1.18 bits per heavy atom. The highest BCUT2D eigenvalue weighted by Gasteiger charge is 2.17. The largest absolute Gasteiger partial charge is 0.497 e. The van der Waals surface area contributed by atoms with E-state index in [1.165, 1.54) is 5.56 Å². The van der Waals surface area contributed by atoms with Gasteiger partial charge in [0.1, 0.15) is 11.5 Å². The van der Waals surface area contributed by atoms with Crippen molar-refractivity contribution in [3.8, 4) is 11.5 Å². The smallest absolute Gasteiger partial charge is 0.220 e. The summed E-state index contributed by atoms with van der Waals surface area (Å²) in [6.45, 7) is 11.3. The molecular weight excluding hydrogens is 354 g/mol. The number of ether oxygens (including phenoxy) is 2. The zero-order chi connectivity index (χ0) is 20.8. The van der Waals surface area contributed by atoms with Crippen LogP contribution in [0.1, 0.15) is 55.7 Å². The molecule has 154 valence electrons. The van der Waals surface area contributed by atoms with E-state index in [-0.39, 0.29) is 11.9 Å². The molecule has 1 aromatic heterocycles. The summed E-state index contributed by atoms with van der Waals surface area (Å²) >= 11 is 0. The second-order valence-corrected chi connectivity index (χ2v) is 7.62. The van der Waals surface area contributed by atoms with Gasteiger partial charge in [-0.15, -0.1) is 0 Å². The van der Waals surface area contributed by atoms with Crippen LogP contribution in [-0.2, 0) is 17.8 Å². The van der Waals surface area contributed by atoms with Gasteiger partial charge in [-0.3, -0.25) is 9.48 Å². The second kappa shape index (κ2) is 9.62. The van der Waals surface area contributed by atoms with Gasteiger partial charge in [-0.25, -0.2) is 0 Å². The fraction of sp³-hybridized carbons (Fsp3) is 0.545. The Hall–Kier alpha value is -2.50. The Morgan fingerprint density at radius 3 is 2.50 bits per heavy atom. The Kier molecular flexibility index (Phi) is 7.49. The number of aromatic nitrogens is 2. The highest BCUT2D eigenvalue weighted by Crippen LogP contribution is 2.29. The van der Waals surface area contributed by atoms with E-state index in [1.54, 1.807) is 14.2 Å². The standard InChI is InChI=1S/C22H33N3O3/c1-14(2)13-25-17(5)19(16(4)24-25)9-11-22(26)23-15(3)20-12-18(27-6)8-10-21(20)28-7/h8,10,12,14-15H,9,11,13H2,1-7H3,(H,23,26). The third-order valence-corrected chi connectivity index (χ3v) is 4.95. The highest BCUT2D eigenvalue weighted by molar-refractivity contribution is 5.77. The molecule has 2 rings (SSSR count). The summed E-state index contributed by atoms with van der Waals surface area (Å²) in [5, 5.41) is 7.70. The fourth-order valence-corrected chi connectivity index (χ4v) is 3.43. The molecule has 0 spiro atoms. The van der Waals surface area contributed by atoms with Crippen molar-refractivity contribution >= 4 is 5.91 Å². The van der Waals surface area contributed by atoms with Crippen molar-refractivity contribution in [1.82, 2.24) is 15.1 Å². The molecule has 6 nitrogen and oxygen atoms in total. The van der Waals surface area contributed by atoms with Crippen LogP contribution in [0.4, 0.5) is 0 Å². The van der Waals surface area contributed by atoms with Crippen molar-refractivity contribution in [2.75, 3.05) is 14.2 Å². The van der Waals surface area contributed by atoms with E-state index >= 15 is 0 Å². The first-order valence-corrected chi connectivity index (χ1v) is 9.81. The molecule has 2 aromatic rings. The van der Waals surface area contributed by atoms with Crippen LogP contribution in [0, 0.1) is 19.8 Å². The molecule has 0 saturated carbocycles. The molecule has 1 heterocycles. The first kappa shape index (κ1) is 21.8. The van der Waals surface area contributed by atoms with Crippen LogP contribution in [0.2, 0.25) is 0 Å². The van der Waals surface area contributed by atoms with Crippen molar-refractivity contribution in [2.45, 2.75) is 60.0 Å². The fourth-order valence-electron chi connectivity index (χ4n) is 3.43. The number of carbonyl (C=O) groups is 1. The van der Waals surface area contributed by atoms with Crippen molar-refractivity contribution < 1.29 is 14.3 Å². The molecule has 0 fully saturated rings. The number of benzene rings is 1. The van der Waals surface area contributed by atoms with E-state index in [4.69, 9.17) is 9.47 Å². The summed E-state index contributed by atoms with van der Waals surface area (Å²) in [7, 11) is 3.25. The molecular formula is C22H33N3O3. The molecule has 1 atom stereocenters. The molecule has 1 aromatic carbocycles. The number of rotatable bonds is 9. The van der Waals surface area contributed by atoms with Crippen LogP contribution >= 0.6 is 0 Å². The zero-order valence-corrected chi connectivity index (χ0v) is 18.1. The predicted molar refractivity (Wildman–Crippen MR) is 111 cm³/mol. The Balaban J connectivity index is 2.02. The Labute approximate surface area is 168 Å². The molecule has 0 bridgehead atoms. The van der Waals surface area contributed by atoms with Crippen LogP contribution < -0.4 is 14.8 Å². The van der Waals surface area contributed by atoms with Crippen LogP contribution in [0.3, 0.4) is 0 Å². The minimum absolute atomic E-state index is 0.00721. The molecule has 0 aliphatic carbocycles. The Bertz CT molecular complexity index is 812. The molecule has 0 aliphatic rings. The van der Waals surface area contributed by atoms with E-state index in [9.17, 15) is 4.79 Å². The quantitative estimate of drug-likeness (QED) is 0.707. The van der Waals surface area contributed by atoms with Crippen molar-refractivity contribution in [3.05, 3.63) is 40.7 Å². The van der Waals surface area contributed by atoms with E-state index < -0.39 is 0 Å². The van der Waals surface area contributed by atoms with Gasteiger partial charge in [-0.1, -0.05) is 13.8 Å². The molecule has 6 heteroatoms. The van der Waals surface area contributed by atoms with Crippen molar-refractivity contribution in [1.29, 1.82) is 0 Å². The lowest BCUT2D eigenvalue weighted by Gasteiger charge is -2.18. The highest BCUT2D eigenvalue weighted by atomic mass is 16.5. The summed E-state index contributed by atoms with van der Waals surface area (Å²) in [6.07, 6.45) is 1.11. The molecule has 1 unspecified atom stereocenters. The summed E-state index contributed by atoms with van der Waals surface area (Å²) in [5.74, 6) is 2.01. The molecule has 1 N–H and O–H groups in total. The first-order valence-electron chi connectivity index (χ1n) is 9.81. The van der Waals surface area contributed by atoms with E-state index in [0.717, 1.165) is 35.0 Å². The number of nitrogens with one attached hydrogen (secondary N) is 1. The monoisotopic (exact) mass is 387 g/mol. The third-order valence-electron chi connectivity index (χ3n) is 4.95. The number of hydrogen-bond acceptors (Lipinski definition) is 4. The first-order chi connectivity index (χ1) is 13.3. The van der Waals surface area contributed by atoms with Gasteiger partial charge < -0.3 is 14.8 Å².